The van der Waals surface area contributed by atoms with Crippen LogP contribution in [0.3, 0.4) is 0 Å². The van der Waals surface area contributed by atoms with Crippen molar-refractivity contribution in [3.63, 3.8) is 0 Å². The number of ether oxygens (including phenoxy) is 2. The van der Waals surface area contributed by atoms with Gasteiger partial charge < -0.3 is 14.6 Å². The molecular weight excluding hydrogens is 435 g/mol. The molecule has 0 aromatic heterocycles. The maximum atomic E-state index is 13.2. The summed E-state index contributed by atoms with van der Waals surface area (Å²) in [6.45, 7) is 8.47. The van der Waals surface area contributed by atoms with Crippen molar-refractivity contribution in [1.82, 2.24) is 0 Å². The van der Waals surface area contributed by atoms with Crippen molar-refractivity contribution < 1.29 is 32.5 Å². The zero-order chi connectivity index (χ0) is 24.8. The standard InChI is InChI=1S/C25H24F3NO4/c1-6-14-7-8-17(32-16-9-10-19(25(26,27)28)15(11-16)13-29)12-18(14)20-21(30)23(2,3)33-24(4,5)22(20)31/h7-12,30H,6H2,1-5H3. The molecule has 0 saturated heterocycles. The Balaban J connectivity index is 2.09. The molecule has 5 nitrogen and oxygen atoms in total. The molecule has 174 valence electrons. The lowest BCUT2D eigenvalue weighted by Crippen LogP contribution is -2.49. The van der Waals surface area contributed by atoms with Crippen molar-refractivity contribution in [3.8, 4) is 17.6 Å². The summed E-state index contributed by atoms with van der Waals surface area (Å²) in [6.07, 6.45) is -4.10. The first-order chi connectivity index (χ1) is 15.2. The van der Waals surface area contributed by atoms with E-state index in [2.05, 4.69) is 0 Å². The van der Waals surface area contributed by atoms with Crippen LogP contribution >= 0.6 is 0 Å². The SMILES string of the molecule is CCc1ccc(Oc2ccc(C(F)(F)F)c(C#N)c2)cc1C1=C(O)C(C)(C)OC(C)(C)C1=O. The highest BCUT2D eigenvalue weighted by Gasteiger charge is 2.47. The number of carbonyl (C=O) groups excluding carboxylic acids is 1. The van der Waals surface area contributed by atoms with Crippen LogP contribution in [0.5, 0.6) is 11.5 Å². The number of nitriles is 1. The number of rotatable bonds is 4. The molecule has 8 heteroatoms. The summed E-state index contributed by atoms with van der Waals surface area (Å²) < 4.78 is 50.7. The number of aliphatic hydroxyl groups excluding tert-OH is 1. The molecule has 0 amide bonds. The Bertz CT molecular complexity index is 1190. The van der Waals surface area contributed by atoms with Gasteiger partial charge in [-0.05, 0) is 75.6 Å². The molecule has 0 saturated carbocycles. The van der Waals surface area contributed by atoms with Gasteiger partial charge in [-0.2, -0.15) is 18.4 Å². The Morgan fingerprint density at radius 1 is 1.06 bits per heavy atom. The van der Waals surface area contributed by atoms with E-state index < -0.39 is 34.3 Å². The lowest BCUT2D eigenvalue weighted by molar-refractivity contribution is -0.158. The van der Waals surface area contributed by atoms with Crippen molar-refractivity contribution in [2.45, 2.75) is 58.4 Å². The number of carbonyl (C=O) groups is 1. The number of nitrogens with zero attached hydrogens (tertiary/aromatic N) is 1. The van der Waals surface area contributed by atoms with Crippen molar-refractivity contribution >= 4 is 11.4 Å². The Labute approximate surface area is 190 Å². The van der Waals surface area contributed by atoms with E-state index in [0.717, 1.165) is 23.8 Å². The lowest BCUT2D eigenvalue weighted by atomic mass is 9.81. The monoisotopic (exact) mass is 459 g/mol. The first kappa shape index (κ1) is 24.3. The molecule has 0 radical (unpaired) electrons. The summed E-state index contributed by atoms with van der Waals surface area (Å²) in [5.41, 5.74) is -2.55. The van der Waals surface area contributed by atoms with Gasteiger partial charge in [-0.3, -0.25) is 4.79 Å². The van der Waals surface area contributed by atoms with E-state index in [0.29, 0.717) is 12.0 Å². The number of alkyl halides is 3. The quantitative estimate of drug-likeness (QED) is 0.576. The van der Waals surface area contributed by atoms with Crippen molar-refractivity contribution in [1.29, 1.82) is 5.26 Å². The maximum Gasteiger partial charge on any atom is 0.417 e. The minimum absolute atomic E-state index is 0.0342. The van der Waals surface area contributed by atoms with Gasteiger partial charge in [0.2, 0.25) is 0 Å². The van der Waals surface area contributed by atoms with Gasteiger partial charge in [-0.1, -0.05) is 13.0 Å². The second-order valence-corrected chi connectivity index (χ2v) is 8.77. The van der Waals surface area contributed by atoms with Crippen LogP contribution in [0.15, 0.2) is 42.2 Å². The summed E-state index contributed by atoms with van der Waals surface area (Å²) in [6, 6.07) is 9.36. The summed E-state index contributed by atoms with van der Waals surface area (Å²) in [5.74, 6) is -0.333. The van der Waals surface area contributed by atoms with Gasteiger partial charge in [0.25, 0.3) is 0 Å². The van der Waals surface area contributed by atoms with Crippen LogP contribution in [0.4, 0.5) is 13.2 Å². The van der Waals surface area contributed by atoms with Gasteiger partial charge in [-0.15, -0.1) is 0 Å². The van der Waals surface area contributed by atoms with E-state index in [4.69, 9.17) is 14.7 Å². The molecule has 1 N–H and O–H groups in total. The van der Waals surface area contributed by atoms with Crippen LogP contribution in [0, 0.1) is 11.3 Å². The van der Waals surface area contributed by atoms with Crippen molar-refractivity contribution in [2.24, 2.45) is 0 Å². The molecule has 0 atom stereocenters. The first-order valence-electron chi connectivity index (χ1n) is 10.3. The average molecular weight is 459 g/mol. The van der Waals surface area contributed by atoms with Crippen LogP contribution in [-0.2, 0) is 22.1 Å². The molecule has 1 heterocycles. The van der Waals surface area contributed by atoms with E-state index >= 15 is 0 Å². The Hall–Kier alpha value is -3.31. The molecule has 0 unspecified atom stereocenters. The van der Waals surface area contributed by atoms with Crippen LogP contribution in [0.1, 0.15) is 56.9 Å². The fourth-order valence-corrected chi connectivity index (χ4v) is 3.91. The van der Waals surface area contributed by atoms with Gasteiger partial charge in [0.1, 0.15) is 28.5 Å². The number of hydrogen-bond acceptors (Lipinski definition) is 5. The minimum atomic E-state index is -4.66. The Morgan fingerprint density at radius 2 is 1.67 bits per heavy atom. The molecule has 33 heavy (non-hydrogen) atoms. The molecule has 0 fully saturated rings. The highest BCUT2D eigenvalue weighted by atomic mass is 19.4. The van der Waals surface area contributed by atoms with Gasteiger partial charge in [0.05, 0.1) is 22.8 Å². The zero-order valence-corrected chi connectivity index (χ0v) is 18.9. The maximum absolute atomic E-state index is 13.2. The number of aliphatic hydroxyl groups is 1. The van der Waals surface area contributed by atoms with Crippen LogP contribution < -0.4 is 4.74 Å². The third kappa shape index (κ3) is 4.60. The molecule has 2 aromatic carbocycles. The van der Waals surface area contributed by atoms with Gasteiger partial charge in [0, 0.05) is 0 Å². The molecule has 0 spiro atoms. The van der Waals surface area contributed by atoms with Gasteiger partial charge in [0.15, 0.2) is 5.78 Å². The minimum Gasteiger partial charge on any atom is -0.508 e. The Kier molecular flexibility index (Phi) is 6.07. The largest absolute Gasteiger partial charge is 0.508 e. The number of hydrogen-bond donors (Lipinski definition) is 1. The summed E-state index contributed by atoms with van der Waals surface area (Å²) in [4.78, 5) is 13.2. The molecule has 1 aliphatic rings. The third-order valence-electron chi connectivity index (χ3n) is 5.48. The predicted molar refractivity (Wildman–Crippen MR) is 116 cm³/mol. The van der Waals surface area contributed by atoms with Crippen molar-refractivity contribution in [2.75, 3.05) is 0 Å². The third-order valence-corrected chi connectivity index (χ3v) is 5.48. The lowest BCUT2D eigenvalue weighted by Gasteiger charge is -2.40. The summed E-state index contributed by atoms with van der Waals surface area (Å²) in [5, 5.41) is 20.0. The van der Waals surface area contributed by atoms with Gasteiger partial charge >= 0.3 is 6.18 Å². The topological polar surface area (TPSA) is 79.6 Å². The summed E-state index contributed by atoms with van der Waals surface area (Å²) >= 11 is 0. The molecule has 3 rings (SSSR count). The first-order valence-corrected chi connectivity index (χ1v) is 10.3. The van der Waals surface area contributed by atoms with E-state index in [1.807, 2.05) is 6.92 Å². The smallest absolute Gasteiger partial charge is 0.417 e. The number of aryl methyl sites for hydroxylation is 1. The van der Waals surface area contributed by atoms with E-state index in [1.165, 1.54) is 0 Å². The van der Waals surface area contributed by atoms with Crippen molar-refractivity contribution in [3.05, 3.63) is 64.4 Å². The fraction of sp³-hybridized carbons (Fsp3) is 0.360. The summed E-state index contributed by atoms with van der Waals surface area (Å²) in [7, 11) is 0. The molecule has 2 aromatic rings. The van der Waals surface area contributed by atoms with Gasteiger partial charge in [-0.25, -0.2) is 0 Å². The highest BCUT2D eigenvalue weighted by Crippen LogP contribution is 2.42. The van der Waals surface area contributed by atoms with Crippen LogP contribution in [0.2, 0.25) is 0 Å². The van der Waals surface area contributed by atoms with E-state index in [-0.39, 0.29) is 22.8 Å². The zero-order valence-electron chi connectivity index (χ0n) is 18.9. The number of halogens is 3. The average Bonchev–Trinajstić information content (AvgIpc) is 2.71. The number of ketones is 1. The normalized spacial score (nSPS) is 17.6. The van der Waals surface area contributed by atoms with E-state index in [9.17, 15) is 23.1 Å². The number of Topliss-reactive ketones (excluding diaryl/α,β-unsaturated/α-hetero) is 1. The second-order valence-electron chi connectivity index (χ2n) is 8.77. The molecular formula is C25H24F3NO4. The molecule has 0 bridgehead atoms. The highest BCUT2D eigenvalue weighted by molar-refractivity contribution is 6.26. The predicted octanol–water partition coefficient (Wildman–Crippen LogP) is 6.36. The molecule has 0 aliphatic carbocycles. The van der Waals surface area contributed by atoms with E-state index in [1.54, 1.807) is 52.0 Å². The Morgan fingerprint density at radius 3 is 2.24 bits per heavy atom. The second kappa shape index (κ2) is 8.23. The fourth-order valence-electron chi connectivity index (χ4n) is 3.91. The number of benzene rings is 2. The van der Waals surface area contributed by atoms with Crippen LogP contribution in [-0.4, -0.2) is 22.1 Å². The molecule has 1 aliphatic heterocycles. The van der Waals surface area contributed by atoms with Crippen LogP contribution in [0.25, 0.3) is 5.57 Å².